The van der Waals surface area contributed by atoms with E-state index < -0.39 is 24.6 Å². The fourth-order valence-corrected chi connectivity index (χ4v) is 3.57. The Morgan fingerprint density at radius 3 is 2.40 bits per heavy atom. The van der Waals surface area contributed by atoms with Crippen molar-refractivity contribution in [3.05, 3.63) is 0 Å². The molecule has 0 aromatic carbocycles. The highest BCUT2D eigenvalue weighted by atomic mass is 19.4. The number of halogens is 3. The number of alkyl halides is 3. The van der Waals surface area contributed by atoms with Crippen LogP contribution in [0.2, 0.25) is 0 Å². The van der Waals surface area contributed by atoms with E-state index in [4.69, 9.17) is 0 Å². The van der Waals surface area contributed by atoms with Gasteiger partial charge in [0.15, 0.2) is 0 Å². The molecule has 0 spiro atoms. The van der Waals surface area contributed by atoms with Gasteiger partial charge in [-0.3, -0.25) is 4.79 Å². The van der Waals surface area contributed by atoms with E-state index in [9.17, 15) is 23.1 Å². The Morgan fingerprint density at radius 2 is 1.75 bits per heavy atom. The zero-order valence-electron chi connectivity index (χ0n) is 11.5. The first-order valence-electron chi connectivity index (χ1n) is 7.43. The first kappa shape index (κ1) is 15.6. The number of carbonyl (C=O) groups excluding carboxylic acids is 1. The smallest absolute Gasteiger partial charge is 0.393 e. The van der Waals surface area contributed by atoms with Crippen molar-refractivity contribution in [1.29, 1.82) is 0 Å². The van der Waals surface area contributed by atoms with Crippen LogP contribution in [-0.4, -0.2) is 40.8 Å². The van der Waals surface area contributed by atoms with Crippen LogP contribution in [-0.2, 0) is 4.79 Å². The Kier molecular flexibility index (Phi) is 4.94. The SMILES string of the molecule is O=C(CC(F)(F)F)N1CCCCC1C1CCCCC1O. The fraction of sp³-hybridized carbons (Fsp3) is 0.929. The number of likely N-dealkylation sites (tertiary alicyclic amines) is 1. The van der Waals surface area contributed by atoms with Gasteiger partial charge in [-0.25, -0.2) is 0 Å². The molecule has 116 valence electrons. The summed E-state index contributed by atoms with van der Waals surface area (Å²) in [5.41, 5.74) is 0. The van der Waals surface area contributed by atoms with Gasteiger partial charge in [-0.15, -0.1) is 0 Å². The summed E-state index contributed by atoms with van der Waals surface area (Å²) in [6, 6.07) is -0.214. The average Bonchev–Trinajstić information content (AvgIpc) is 2.37. The van der Waals surface area contributed by atoms with Crippen molar-refractivity contribution >= 4 is 5.91 Å². The quantitative estimate of drug-likeness (QED) is 0.850. The number of aliphatic hydroxyl groups excluding tert-OH is 1. The lowest BCUT2D eigenvalue weighted by molar-refractivity contribution is -0.166. The van der Waals surface area contributed by atoms with Crippen LogP contribution >= 0.6 is 0 Å². The van der Waals surface area contributed by atoms with Gasteiger partial charge < -0.3 is 10.0 Å². The number of amides is 1. The molecule has 1 aliphatic heterocycles. The van der Waals surface area contributed by atoms with Crippen molar-refractivity contribution in [2.24, 2.45) is 5.92 Å². The lowest BCUT2D eigenvalue weighted by Crippen LogP contribution is -2.51. The monoisotopic (exact) mass is 293 g/mol. The van der Waals surface area contributed by atoms with Gasteiger partial charge in [0, 0.05) is 18.5 Å². The highest BCUT2D eigenvalue weighted by Crippen LogP contribution is 2.35. The van der Waals surface area contributed by atoms with Crippen molar-refractivity contribution in [2.45, 2.75) is 69.7 Å². The minimum atomic E-state index is -4.45. The molecule has 1 saturated heterocycles. The van der Waals surface area contributed by atoms with Gasteiger partial charge in [0.05, 0.1) is 6.10 Å². The van der Waals surface area contributed by atoms with E-state index in [2.05, 4.69) is 0 Å². The molecule has 1 amide bonds. The highest BCUT2D eigenvalue weighted by molar-refractivity contribution is 5.77. The summed E-state index contributed by atoms with van der Waals surface area (Å²) in [5.74, 6) is -0.888. The molecule has 1 aliphatic carbocycles. The molecular formula is C14H22F3NO2. The number of piperidine rings is 1. The molecule has 0 radical (unpaired) electrons. The maximum absolute atomic E-state index is 12.4. The van der Waals surface area contributed by atoms with E-state index in [0.717, 1.165) is 32.1 Å². The second-order valence-electron chi connectivity index (χ2n) is 5.96. The summed E-state index contributed by atoms with van der Waals surface area (Å²) in [4.78, 5) is 13.3. The predicted molar refractivity (Wildman–Crippen MR) is 68.0 cm³/mol. The summed E-state index contributed by atoms with van der Waals surface area (Å²) >= 11 is 0. The fourth-order valence-electron chi connectivity index (χ4n) is 3.57. The third-order valence-corrected chi connectivity index (χ3v) is 4.50. The Balaban J connectivity index is 2.06. The lowest BCUT2D eigenvalue weighted by Gasteiger charge is -2.43. The molecule has 6 heteroatoms. The van der Waals surface area contributed by atoms with Crippen LogP contribution in [0.5, 0.6) is 0 Å². The predicted octanol–water partition coefficient (Wildman–Crippen LogP) is 2.87. The van der Waals surface area contributed by atoms with Crippen molar-refractivity contribution in [3.63, 3.8) is 0 Å². The Hall–Kier alpha value is -0.780. The number of hydrogen-bond donors (Lipinski definition) is 1. The Morgan fingerprint density at radius 1 is 1.10 bits per heavy atom. The van der Waals surface area contributed by atoms with Crippen LogP contribution < -0.4 is 0 Å². The molecule has 1 N–H and O–H groups in total. The average molecular weight is 293 g/mol. The molecule has 2 rings (SSSR count). The molecule has 0 bridgehead atoms. The Labute approximate surface area is 117 Å². The number of hydrogen-bond acceptors (Lipinski definition) is 2. The van der Waals surface area contributed by atoms with Crippen LogP contribution in [0, 0.1) is 5.92 Å². The summed E-state index contributed by atoms with van der Waals surface area (Å²) < 4.78 is 37.2. The van der Waals surface area contributed by atoms with Crippen LogP contribution in [0.3, 0.4) is 0 Å². The first-order chi connectivity index (χ1) is 9.38. The van der Waals surface area contributed by atoms with Crippen molar-refractivity contribution in [1.82, 2.24) is 4.90 Å². The van der Waals surface area contributed by atoms with Crippen molar-refractivity contribution in [3.8, 4) is 0 Å². The normalized spacial score (nSPS) is 32.2. The maximum Gasteiger partial charge on any atom is 0.397 e. The zero-order chi connectivity index (χ0) is 14.8. The van der Waals surface area contributed by atoms with Gasteiger partial charge in [-0.2, -0.15) is 13.2 Å². The minimum absolute atomic E-state index is 0.0544. The van der Waals surface area contributed by atoms with E-state index in [1.165, 1.54) is 4.90 Å². The van der Waals surface area contributed by atoms with E-state index in [-0.39, 0.29) is 12.0 Å². The van der Waals surface area contributed by atoms with Gasteiger partial charge in [-0.1, -0.05) is 12.8 Å². The molecule has 3 atom stereocenters. The van der Waals surface area contributed by atoms with Crippen LogP contribution in [0.1, 0.15) is 51.4 Å². The standard InChI is InChI=1S/C14H22F3NO2/c15-14(16,17)9-13(20)18-8-4-3-6-11(18)10-5-1-2-7-12(10)19/h10-12,19H,1-9H2. The molecule has 2 aliphatic rings. The van der Waals surface area contributed by atoms with Crippen LogP contribution in [0.15, 0.2) is 0 Å². The number of nitrogens with zero attached hydrogens (tertiary/aromatic N) is 1. The molecule has 1 saturated carbocycles. The van der Waals surface area contributed by atoms with E-state index in [1.54, 1.807) is 0 Å². The van der Waals surface area contributed by atoms with E-state index in [1.807, 2.05) is 0 Å². The second-order valence-corrected chi connectivity index (χ2v) is 5.96. The molecule has 3 unspecified atom stereocenters. The molecule has 0 aromatic rings. The third kappa shape index (κ3) is 3.87. The topological polar surface area (TPSA) is 40.5 Å². The van der Waals surface area contributed by atoms with Gasteiger partial charge >= 0.3 is 6.18 Å². The van der Waals surface area contributed by atoms with Crippen LogP contribution in [0.4, 0.5) is 13.2 Å². The lowest BCUT2D eigenvalue weighted by atomic mass is 9.78. The van der Waals surface area contributed by atoms with Gasteiger partial charge in [0.25, 0.3) is 0 Å². The first-order valence-corrected chi connectivity index (χ1v) is 7.43. The second kappa shape index (κ2) is 6.33. The van der Waals surface area contributed by atoms with E-state index >= 15 is 0 Å². The van der Waals surface area contributed by atoms with Crippen molar-refractivity contribution < 1.29 is 23.1 Å². The van der Waals surface area contributed by atoms with Gasteiger partial charge in [-0.05, 0) is 32.1 Å². The number of aliphatic hydroxyl groups is 1. The minimum Gasteiger partial charge on any atom is -0.393 e. The highest BCUT2D eigenvalue weighted by Gasteiger charge is 2.40. The Bertz CT molecular complexity index is 346. The van der Waals surface area contributed by atoms with Crippen LogP contribution in [0.25, 0.3) is 0 Å². The molecular weight excluding hydrogens is 271 g/mol. The zero-order valence-corrected chi connectivity index (χ0v) is 11.5. The number of carbonyl (C=O) groups is 1. The van der Waals surface area contributed by atoms with Crippen molar-refractivity contribution in [2.75, 3.05) is 6.54 Å². The molecule has 0 aromatic heterocycles. The summed E-state index contributed by atoms with van der Waals surface area (Å²) in [5, 5.41) is 10.1. The van der Waals surface area contributed by atoms with E-state index in [0.29, 0.717) is 19.4 Å². The summed E-state index contributed by atoms with van der Waals surface area (Å²) in [7, 11) is 0. The molecule has 20 heavy (non-hydrogen) atoms. The largest absolute Gasteiger partial charge is 0.397 e. The van der Waals surface area contributed by atoms with Gasteiger partial charge in [0.1, 0.15) is 6.42 Å². The maximum atomic E-state index is 12.4. The van der Waals surface area contributed by atoms with Gasteiger partial charge in [0.2, 0.25) is 5.91 Å². The molecule has 3 nitrogen and oxygen atoms in total. The number of rotatable bonds is 2. The molecule has 1 heterocycles. The molecule has 2 fully saturated rings. The summed E-state index contributed by atoms with van der Waals surface area (Å²) in [6.07, 6.45) is -0.480. The summed E-state index contributed by atoms with van der Waals surface area (Å²) in [6.45, 7) is 0.392. The third-order valence-electron chi connectivity index (χ3n) is 4.50.